The Bertz CT molecular complexity index is 444. The van der Waals surface area contributed by atoms with Gasteiger partial charge in [-0.25, -0.2) is 0 Å². The van der Waals surface area contributed by atoms with Gasteiger partial charge in [0.15, 0.2) is 18.9 Å². The third-order valence-electron chi connectivity index (χ3n) is 5.38. The fourth-order valence-electron chi connectivity index (χ4n) is 3.92. The van der Waals surface area contributed by atoms with Crippen LogP contribution in [-0.2, 0) is 23.7 Å². The van der Waals surface area contributed by atoms with Crippen molar-refractivity contribution in [2.75, 3.05) is 0 Å². The van der Waals surface area contributed by atoms with Crippen molar-refractivity contribution in [2.45, 2.75) is 114 Å². The first-order chi connectivity index (χ1) is 12.7. The van der Waals surface area contributed by atoms with Crippen molar-refractivity contribution in [1.29, 1.82) is 0 Å². The smallest absolute Gasteiger partial charge is 0.163 e. The lowest BCUT2D eigenvalue weighted by molar-refractivity contribution is -0.338. The summed E-state index contributed by atoms with van der Waals surface area (Å²) >= 11 is 0. The molecule has 3 heterocycles. The van der Waals surface area contributed by atoms with Crippen LogP contribution in [0.3, 0.4) is 0 Å². The van der Waals surface area contributed by atoms with E-state index in [0.717, 1.165) is 0 Å². The Hall–Kier alpha value is -0.360. The van der Waals surface area contributed by atoms with E-state index >= 15 is 0 Å². The molecule has 3 saturated heterocycles. The summed E-state index contributed by atoms with van der Waals surface area (Å²) in [6.07, 6.45) is -5.78. The van der Waals surface area contributed by atoms with Crippen LogP contribution >= 0.6 is 0 Å². The van der Waals surface area contributed by atoms with Crippen LogP contribution in [0, 0.1) is 0 Å². The Morgan fingerprint density at radius 1 is 0.667 bits per heavy atom. The first-order valence-electron chi connectivity index (χ1n) is 9.72. The average molecular weight is 392 g/mol. The van der Waals surface area contributed by atoms with E-state index in [9.17, 15) is 20.4 Å². The number of aliphatic hydroxyl groups excluding tert-OH is 4. The summed E-state index contributed by atoms with van der Waals surface area (Å²) in [5.74, 6) is 0. The third kappa shape index (κ3) is 5.37. The Kier molecular flexibility index (Phi) is 7.10. The topological polar surface area (TPSA) is 127 Å². The zero-order chi connectivity index (χ0) is 19.7. The van der Waals surface area contributed by atoms with Gasteiger partial charge in [-0.1, -0.05) is 0 Å². The molecule has 4 N–H and O–H groups in total. The van der Waals surface area contributed by atoms with Crippen LogP contribution in [0.15, 0.2) is 0 Å². The van der Waals surface area contributed by atoms with E-state index in [4.69, 9.17) is 23.7 Å². The van der Waals surface area contributed by atoms with Gasteiger partial charge in [-0.05, 0) is 27.2 Å². The molecule has 0 aliphatic carbocycles. The summed E-state index contributed by atoms with van der Waals surface area (Å²) < 4.78 is 28.6. The van der Waals surface area contributed by atoms with Crippen LogP contribution in [0.2, 0.25) is 0 Å². The van der Waals surface area contributed by atoms with Crippen molar-refractivity contribution in [3.8, 4) is 0 Å². The van der Waals surface area contributed by atoms with Crippen LogP contribution in [0.4, 0.5) is 0 Å². The molecule has 0 aromatic heterocycles. The first-order valence-corrected chi connectivity index (χ1v) is 9.72. The molecule has 3 unspecified atom stereocenters. The maximum atomic E-state index is 10.5. The number of rotatable bonds is 4. The predicted molar refractivity (Wildman–Crippen MR) is 91.5 cm³/mol. The van der Waals surface area contributed by atoms with Crippen molar-refractivity contribution in [3.05, 3.63) is 0 Å². The zero-order valence-electron chi connectivity index (χ0n) is 16.0. The zero-order valence-corrected chi connectivity index (χ0v) is 16.0. The van der Waals surface area contributed by atoms with E-state index in [1.807, 2.05) is 6.92 Å². The first kappa shape index (κ1) is 21.4. The van der Waals surface area contributed by atoms with Gasteiger partial charge >= 0.3 is 0 Å². The highest BCUT2D eigenvalue weighted by atomic mass is 16.8. The van der Waals surface area contributed by atoms with E-state index in [0.29, 0.717) is 12.8 Å². The molecule has 0 amide bonds. The van der Waals surface area contributed by atoms with E-state index in [1.165, 1.54) is 0 Å². The Morgan fingerprint density at radius 2 is 1.26 bits per heavy atom. The van der Waals surface area contributed by atoms with E-state index in [1.54, 1.807) is 13.8 Å². The van der Waals surface area contributed by atoms with Gasteiger partial charge in [-0.3, -0.25) is 0 Å². The third-order valence-corrected chi connectivity index (χ3v) is 5.38. The lowest BCUT2D eigenvalue weighted by atomic mass is 10.0. The van der Waals surface area contributed by atoms with Gasteiger partial charge in [0.25, 0.3) is 0 Å². The van der Waals surface area contributed by atoms with Crippen LogP contribution < -0.4 is 0 Å². The highest BCUT2D eigenvalue weighted by Gasteiger charge is 2.42. The van der Waals surface area contributed by atoms with Crippen LogP contribution in [0.25, 0.3) is 0 Å². The average Bonchev–Trinajstić information content (AvgIpc) is 2.55. The molecule has 0 bridgehead atoms. The highest BCUT2D eigenvalue weighted by molar-refractivity contribution is 4.85. The number of aliphatic hydroxyl groups is 4. The van der Waals surface area contributed by atoms with Crippen molar-refractivity contribution in [3.63, 3.8) is 0 Å². The SMILES string of the molecule is CC1CC(O)CC(O[C@H]2C[C@H](O)[C@H](O[C@H]3C[C@H](O)[C@H](O)[C@@H](C)O3)[C@@H](C)O2)O1. The fraction of sp³-hybridized carbons (Fsp3) is 1.00. The largest absolute Gasteiger partial charge is 0.393 e. The number of ether oxygens (including phenoxy) is 5. The standard InChI is InChI=1S/C18H32O9/c1-8-4-11(19)5-14(23-8)26-15-7-13(21)18(10(3)25-15)27-16-6-12(20)17(22)9(2)24-16/h8-22H,4-7H2,1-3H3/t8?,9-,10-,11?,12+,13+,14?,15+,16+,17-,18-/m1/s1. The highest BCUT2D eigenvalue weighted by Crippen LogP contribution is 2.30. The van der Waals surface area contributed by atoms with Gasteiger partial charge < -0.3 is 44.1 Å². The molecule has 9 nitrogen and oxygen atoms in total. The molecule has 3 aliphatic heterocycles. The summed E-state index contributed by atoms with van der Waals surface area (Å²) in [5.41, 5.74) is 0. The van der Waals surface area contributed by atoms with Gasteiger partial charge in [0.05, 0.1) is 36.6 Å². The maximum Gasteiger partial charge on any atom is 0.163 e. The van der Waals surface area contributed by atoms with Gasteiger partial charge in [0, 0.05) is 19.3 Å². The second-order valence-electron chi connectivity index (χ2n) is 7.88. The van der Waals surface area contributed by atoms with Gasteiger partial charge in [-0.2, -0.15) is 0 Å². The summed E-state index contributed by atoms with van der Waals surface area (Å²) in [7, 11) is 0. The van der Waals surface area contributed by atoms with Crippen LogP contribution in [-0.4, -0.2) is 88.1 Å². The predicted octanol–water partition coefficient (Wildman–Crippen LogP) is -0.373. The molecule has 27 heavy (non-hydrogen) atoms. The Balaban J connectivity index is 1.51. The summed E-state index contributed by atoms with van der Waals surface area (Å²) in [6.45, 7) is 5.29. The molecule has 11 atom stereocenters. The normalized spacial score (nSPS) is 51.9. The lowest BCUT2D eigenvalue weighted by Crippen LogP contribution is -2.54. The number of hydrogen-bond acceptors (Lipinski definition) is 9. The molecule has 0 aromatic rings. The molecule has 3 rings (SSSR count). The molecule has 0 aromatic carbocycles. The minimum atomic E-state index is -0.958. The molecule has 0 saturated carbocycles. The van der Waals surface area contributed by atoms with Crippen LogP contribution in [0.1, 0.15) is 46.5 Å². The second kappa shape index (κ2) is 8.98. The van der Waals surface area contributed by atoms with Crippen molar-refractivity contribution in [2.24, 2.45) is 0 Å². The fourth-order valence-corrected chi connectivity index (χ4v) is 3.92. The minimum Gasteiger partial charge on any atom is -0.393 e. The molecule has 3 aliphatic rings. The van der Waals surface area contributed by atoms with Crippen LogP contribution in [0.5, 0.6) is 0 Å². The van der Waals surface area contributed by atoms with Crippen molar-refractivity contribution < 1.29 is 44.1 Å². The Morgan fingerprint density at radius 3 is 1.89 bits per heavy atom. The molecule has 0 radical (unpaired) electrons. The summed E-state index contributed by atoms with van der Waals surface area (Å²) in [5, 5.41) is 40.0. The quantitative estimate of drug-likeness (QED) is 0.506. The number of hydrogen-bond donors (Lipinski definition) is 4. The summed E-state index contributed by atoms with van der Waals surface area (Å²) in [4.78, 5) is 0. The Labute approximate surface area is 159 Å². The monoisotopic (exact) mass is 392 g/mol. The molecular weight excluding hydrogens is 360 g/mol. The van der Waals surface area contributed by atoms with E-state index in [-0.39, 0.29) is 18.9 Å². The van der Waals surface area contributed by atoms with Gasteiger partial charge in [0.1, 0.15) is 12.2 Å². The maximum absolute atomic E-state index is 10.5. The molecule has 9 heteroatoms. The second-order valence-corrected chi connectivity index (χ2v) is 7.88. The minimum absolute atomic E-state index is 0.104. The summed E-state index contributed by atoms with van der Waals surface area (Å²) in [6, 6.07) is 0. The lowest BCUT2D eigenvalue weighted by Gasteiger charge is -2.43. The van der Waals surface area contributed by atoms with Gasteiger partial charge in [-0.15, -0.1) is 0 Å². The van der Waals surface area contributed by atoms with Crippen molar-refractivity contribution >= 4 is 0 Å². The molecule has 3 fully saturated rings. The molecular formula is C18H32O9. The van der Waals surface area contributed by atoms with E-state index < -0.39 is 61.6 Å². The molecule has 158 valence electrons. The van der Waals surface area contributed by atoms with Crippen molar-refractivity contribution in [1.82, 2.24) is 0 Å². The van der Waals surface area contributed by atoms with Gasteiger partial charge in [0.2, 0.25) is 0 Å². The molecule has 0 spiro atoms. The van der Waals surface area contributed by atoms with E-state index in [2.05, 4.69) is 0 Å².